The zero-order chi connectivity index (χ0) is 19.4. The van der Waals surface area contributed by atoms with Crippen molar-refractivity contribution in [1.29, 1.82) is 0 Å². The third kappa shape index (κ3) is 5.41. The highest BCUT2D eigenvalue weighted by molar-refractivity contribution is 5.99. The monoisotopic (exact) mass is 364 g/mol. The summed E-state index contributed by atoms with van der Waals surface area (Å²) in [6.07, 6.45) is -5.73. The van der Waals surface area contributed by atoms with Crippen molar-refractivity contribution in [3.05, 3.63) is 33.9 Å². The predicted octanol–water partition coefficient (Wildman–Crippen LogP) is 2.26. The van der Waals surface area contributed by atoms with E-state index in [9.17, 15) is 38.0 Å². The van der Waals surface area contributed by atoms with Crippen LogP contribution in [0, 0.1) is 10.1 Å². The summed E-state index contributed by atoms with van der Waals surface area (Å²) in [6.45, 7) is 2.52. The van der Waals surface area contributed by atoms with Crippen LogP contribution in [0.3, 0.4) is 0 Å². The zero-order valence-corrected chi connectivity index (χ0v) is 13.2. The van der Waals surface area contributed by atoms with Gasteiger partial charge in [0.2, 0.25) is 0 Å². The van der Waals surface area contributed by atoms with Crippen LogP contribution in [-0.2, 0) is 20.5 Å². The van der Waals surface area contributed by atoms with E-state index >= 15 is 0 Å². The van der Waals surface area contributed by atoms with Gasteiger partial charge in [0.25, 0.3) is 11.6 Å². The first-order valence-corrected chi connectivity index (χ1v) is 6.93. The van der Waals surface area contributed by atoms with Gasteiger partial charge in [-0.05, 0) is 26.0 Å². The van der Waals surface area contributed by atoms with Crippen LogP contribution in [0.5, 0.6) is 0 Å². The number of anilines is 1. The minimum atomic E-state index is -5.02. The number of hydrogen-bond donors (Lipinski definition) is 2. The predicted molar refractivity (Wildman–Crippen MR) is 78.6 cm³/mol. The number of nitro groups is 1. The first kappa shape index (κ1) is 20.4. The van der Waals surface area contributed by atoms with Gasteiger partial charge in [-0.2, -0.15) is 13.2 Å². The van der Waals surface area contributed by atoms with Crippen molar-refractivity contribution in [2.45, 2.75) is 32.0 Å². The second-order valence-electron chi connectivity index (χ2n) is 5.20. The third-order valence-electron chi connectivity index (χ3n) is 3.04. The van der Waals surface area contributed by atoms with Crippen LogP contribution >= 0.6 is 0 Å². The molecule has 0 aliphatic rings. The third-order valence-corrected chi connectivity index (χ3v) is 3.04. The van der Waals surface area contributed by atoms with Gasteiger partial charge >= 0.3 is 12.1 Å². The number of halogens is 3. The number of alkyl halides is 3. The number of benzene rings is 1. The molecule has 2 N–H and O–H groups in total. The van der Waals surface area contributed by atoms with Gasteiger partial charge in [-0.15, -0.1) is 0 Å². The number of nitrogens with one attached hydrogen (secondary N) is 1. The summed E-state index contributed by atoms with van der Waals surface area (Å²) in [5.41, 5.74) is -5.40. The molecule has 1 rings (SSSR count). The lowest BCUT2D eigenvalue weighted by molar-refractivity contribution is -0.388. The summed E-state index contributed by atoms with van der Waals surface area (Å²) in [4.78, 5) is 32.8. The van der Waals surface area contributed by atoms with Crippen LogP contribution in [0.2, 0.25) is 0 Å². The second kappa shape index (κ2) is 7.47. The molecule has 1 aromatic rings. The van der Waals surface area contributed by atoms with Crippen LogP contribution < -0.4 is 5.32 Å². The molecule has 0 saturated carbocycles. The Morgan fingerprint density at radius 3 is 2.44 bits per heavy atom. The minimum Gasteiger partial charge on any atom is -0.466 e. The van der Waals surface area contributed by atoms with Gasteiger partial charge < -0.3 is 15.2 Å². The van der Waals surface area contributed by atoms with E-state index < -0.39 is 51.9 Å². The Labute approximate surface area is 139 Å². The molecule has 0 bridgehead atoms. The number of ether oxygens (including phenoxy) is 1. The van der Waals surface area contributed by atoms with E-state index in [1.165, 1.54) is 6.92 Å². The molecule has 0 radical (unpaired) electrons. The Hall–Kier alpha value is -2.69. The smallest absolute Gasteiger partial charge is 0.423 e. The summed E-state index contributed by atoms with van der Waals surface area (Å²) >= 11 is 0. The lowest BCUT2D eigenvalue weighted by Gasteiger charge is -2.21. The molecular formula is C14H15F3N2O6. The Balaban J connectivity index is 3.05. The molecule has 1 amide bonds. The molecule has 0 aromatic heterocycles. The van der Waals surface area contributed by atoms with E-state index in [0.29, 0.717) is 12.1 Å². The SMILES string of the molecule is CCOC(=O)C[C@](C)(O)C(=O)Nc1ccc([N+](=O)[O-])c(C(F)(F)F)c1. The summed E-state index contributed by atoms with van der Waals surface area (Å²) in [5.74, 6) is -2.04. The van der Waals surface area contributed by atoms with Crippen LogP contribution in [-0.4, -0.2) is 34.1 Å². The number of nitrogens with zero attached hydrogens (tertiary/aromatic N) is 1. The van der Waals surface area contributed by atoms with E-state index in [1.54, 1.807) is 0 Å². The van der Waals surface area contributed by atoms with E-state index in [1.807, 2.05) is 5.32 Å². The fraction of sp³-hybridized carbons (Fsp3) is 0.429. The number of amides is 1. The van der Waals surface area contributed by atoms with Gasteiger partial charge in [-0.3, -0.25) is 19.7 Å². The molecule has 25 heavy (non-hydrogen) atoms. The van der Waals surface area contributed by atoms with Gasteiger partial charge in [0.15, 0.2) is 5.60 Å². The molecule has 11 heteroatoms. The van der Waals surface area contributed by atoms with Crippen LogP contribution in [0.1, 0.15) is 25.8 Å². The largest absolute Gasteiger partial charge is 0.466 e. The van der Waals surface area contributed by atoms with Gasteiger partial charge in [0.1, 0.15) is 5.56 Å². The van der Waals surface area contributed by atoms with Gasteiger partial charge in [0, 0.05) is 11.8 Å². The van der Waals surface area contributed by atoms with Crippen molar-refractivity contribution in [2.24, 2.45) is 0 Å². The van der Waals surface area contributed by atoms with Crippen molar-refractivity contribution >= 4 is 23.3 Å². The molecule has 0 saturated heterocycles. The molecule has 138 valence electrons. The van der Waals surface area contributed by atoms with Crippen LogP contribution in [0.4, 0.5) is 24.5 Å². The molecule has 1 aromatic carbocycles. The second-order valence-corrected chi connectivity index (χ2v) is 5.20. The minimum absolute atomic E-state index is 0.0217. The standard InChI is InChI=1S/C14H15F3N2O6/c1-3-25-11(20)7-13(2,22)12(21)18-8-4-5-10(19(23)24)9(6-8)14(15,16)17/h4-6,22H,3,7H2,1-2H3,(H,18,21)/t13-/m0/s1. The number of aliphatic hydroxyl groups is 1. The molecule has 0 aliphatic carbocycles. The highest BCUT2D eigenvalue weighted by Gasteiger charge is 2.39. The summed E-state index contributed by atoms with van der Waals surface area (Å²) in [5, 5.41) is 22.6. The zero-order valence-electron chi connectivity index (χ0n) is 13.2. The number of esters is 1. The molecule has 1 atom stereocenters. The van der Waals surface area contributed by atoms with E-state index in [-0.39, 0.29) is 6.61 Å². The maximum atomic E-state index is 12.9. The Bertz CT molecular complexity index is 688. The number of hydrogen-bond acceptors (Lipinski definition) is 6. The van der Waals surface area contributed by atoms with Crippen molar-refractivity contribution < 1.29 is 37.5 Å². The summed E-state index contributed by atoms with van der Waals surface area (Å²) < 4.78 is 43.2. The quantitative estimate of drug-likeness (QED) is 0.454. The maximum Gasteiger partial charge on any atom is 0.423 e. The average Bonchev–Trinajstić information content (AvgIpc) is 2.45. The number of carbonyl (C=O) groups excluding carboxylic acids is 2. The summed E-state index contributed by atoms with van der Waals surface area (Å²) in [7, 11) is 0. The topological polar surface area (TPSA) is 119 Å². The van der Waals surface area contributed by atoms with Gasteiger partial charge in [0.05, 0.1) is 18.0 Å². The van der Waals surface area contributed by atoms with E-state index in [4.69, 9.17) is 0 Å². The fourth-order valence-electron chi connectivity index (χ4n) is 1.84. The van der Waals surface area contributed by atoms with Crippen LogP contribution in [0.25, 0.3) is 0 Å². The van der Waals surface area contributed by atoms with Crippen molar-refractivity contribution in [3.63, 3.8) is 0 Å². The average molecular weight is 364 g/mol. The van der Waals surface area contributed by atoms with Gasteiger partial charge in [-0.1, -0.05) is 0 Å². The Morgan fingerprint density at radius 2 is 1.96 bits per heavy atom. The number of rotatable bonds is 6. The molecule has 0 spiro atoms. The normalized spacial score (nSPS) is 13.7. The molecule has 0 fully saturated rings. The fourth-order valence-corrected chi connectivity index (χ4v) is 1.84. The van der Waals surface area contributed by atoms with Crippen LogP contribution in [0.15, 0.2) is 18.2 Å². The van der Waals surface area contributed by atoms with Gasteiger partial charge in [-0.25, -0.2) is 0 Å². The van der Waals surface area contributed by atoms with E-state index in [2.05, 4.69) is 4.74 Å². The molecule has 0 heterocycles. The molecule has 8 nitrogen and oxygen atoms in total. The lowest BCUT2D eigenvalue weighted by atomic mass is 10.0. The first-order valence-electron chi connectivity index (χ1n) is 6.93. The molecular weight excluding hydrogens is 349 g/mol. The Kier molecular flexibility index (Phi) is 6.08. The number of carbonyl (C=O) groups is 2. The Morgan fingerprint density at radius 1 is 1.36 bits per heavy atom. The highest BCUT2D eigenvalue weighted by Crippen LogP contribution is 2.37. The van der Waals surface area contributed by atoms with Crippen molar-refractivity contribution in [3.8, 4) is 0 Å². The van der Waals surface area contributed by atoms with E-state index in [0.717, 1.165) is 13.0 Å². The number of nitro benzene ring substituents is 1. The molecule has 0 unspecified atom stereocenters. The van der Waals surface area contributed by atoms with Crippen molar-refractivity contribution in [1.82, 2.24) is 0 Å². The maximum absolute atomic E-state index is 12.9. The first-order chi connectivity index (χ1) is 11.4. The molecule has 0 aliphatic heterocycles. The highest BCUT2D eigenvalue weighted by atomic mass is 19.4. The summed E-state index contributed by atoms with van der Waals surface area (Å²) in [6, 6.07) is 1.83. The van der Waals surface area contributed by atoms with Crippen molar-refractivity contribution in [2.75, 3.05) is 11.9 Å². The lowest BCUT2D eigenvalue weighted by Crippen LogP contribution is -2.42.